The second-order valence-corrected chi connectivity index (χ2v) is 1.13. The molecule has 0 rings (SSSR count). The topological polar surface area (TPSA) is 41.1 Å². The van der Waals surface area contributed by atoms with Crippen molar-refractivity contribution in [2.24, 2.45) is 0 Å². The molecule has 7 heavy (non-hydrogen) atoms. The minimum absolute atomic E-state index is 0.169. The second-order valence-electron chi connectivity index (χ2n) is 1.13. The van der Waals surface area contributed by atoms with Crippen LogP contribution >= 0.6 is 0 Å². The van der Waals surface area contributed by atoms with Crippen LogP contribution in [0.15, 0.2) is 0 Å². The lowest BCUT2D eigenvalue weighted by Crippen LogP contribution is -2.36. The number of rotatable bonds is 3. The Kier molecular flexibility index (Phi) is 3.32. The van der Waals surface area contributed by atoms with E-state index < -0.39 is 0 Å². The highest BCUT2D eigenvalue weighted by Gasteiger charge is 1.88. The van der Waals surface area contributed by atoms with Crippen molar-refractivity contribution in [1.29, 1.82) is 0 Å². The highest BCUT2D eigenvalue weighted by Crippen LogP contribution is 1.61. The molecule has 3 heteroatoms. The molecule has 0 aromatic rings. The minimum atomic E-state index is -0.169. The molecule has 0 saturated heterocycles. The van der Waals surface area contributed by atoms with E-state index in [1.807, 2.05) is 0 Å². The molecular weight excluding hydrogens is 92.1 g/mol. The van der Waals surface area contributed by atoms with E-state index in [-0.39, 0.29) is 6.17 Å². The minimum Gasteiger partial charge on any atom is -0.343 e. The Morgan fingerprint density at radius 2 is 2.43 bits per heavy atom. The lowest BCUT2D eigenvalue weighted by atomic mass is 10.6. The Balaban J connectivity index is 2.98. The normalized spacial score (nSPS) is 12.9. The SMILES string of the molecule is [CH2]C(NC)NC=O. The van der Waals surface area contributed by atoms with Gasteiger partial charge in [-0.2, -0.15) is 0 Å². The van der Waals surface area contributed by atoms with Crippen molar-refractivity contribution >= 4 is 6.41 Å². The third-order valence-corrected chi connectivity index (χ3v) is 0.618. The van der Waals surface area contributed by atoms with Gasteiger partial charge in [0.05, 0.1) is 6.17 Å². The van der Waals surface area contributed by atoms with Crippen molar-refractivity contribution in [2.75, 3.05) is 7.05 Å². The van der Waals surface area contributed by atoms with Gasteiger partial charge in [0.2, 0.25) is 6.41 Å². The molecule has 0 aromatic carbocycles. The Morgan fingerprint density at radius 3 is 2.57 bits per heavy atom. The van der Waals surface area contributed by atoms with E-state index in [1.54, 1.807) is 7.05 Å². The van der Waals surface area contributed by atoms with E-state index >= 15 is 0 Å². The number of hydrogen-bond donors (Lipinski definition) is 2. The lowest BCUT2D eigenvalue weighted by molar-refractivity contribution is -0.110. The molecule has 0 aliphatic heterocycles. The van der Waals surface area contributed by atoms with Gasteiger partial charge in [0.25, 0.3) is 0 Å². The van der Waals surface area contributed by atoms with Crippen LogP contribution in [0.4, 0.5) is 0 Å². The van der Waals surface area contributed by atoms with Crippen molar-refractivity contribution in [2.45, 2.75) is 6.17 Å². The fraction of sp³-hybridized carbons (Fsp3) is 0.500. The van der Waals surface area contributed by atoms with Crippen LogP contribution in [0.1, 0.15) is 0 Å². The highest BCUT2D eigenvalue weighted by molar-refractivity contribution is 5.46. The van der Waals surface area contributed by atoms with Gasteiger partial charge >= 0.3 is 0 Å². The zero-order valence-electron chi connectivity index (χ0n) is 4.27. The van der Waals surface area contributed by atoms with Crippen LogP contribution in [-0.4, -0.2) is 19.6 Å². The number of nitrogens with one attached hydrogen (secondary N) is 2. The smallest absolute Gasteiger partial charge is 0.208 e. The summed E-state index contributed by atoms with van der Waals surface area (Å²) in [5.74, 6) is 0. The van der Waals surface area contributed by atoms with Gasteiger partial charge in [0, 0.05) is 0 Å². The van der Waals surface area contributed by atoms with Crippen LogP contribution < -0.4 is 10.6 Å². The summed E-state index contributed by atoms with van der Waals surface area (Å²) in [6.07, 6.45) is 0.436. The zero-order valence-corrected chi connectivity index (χ0v) is 4.27. The number of carbonyl (C=O) groups is 1. The van der Waals surface area contributed by atoms with E-state index in [0.717, 1.165) is 0 Å². The first-order valence-corrected chi connectivity index (χ1v) is 2.01. The first kappa shape index (κ1) is 6.43. The average molecular weight is 101 g/mol. The summed E-state index contributed by atoms with van der Waals surface area (Å²) in [5, 5.41) is 5.10. The van der Waals surface area contributed by atoms with Gasteiger partial charge in [0.1, 0.15) is 0 Å². The predicted molar refractivity (Wildman–Crippen MR) is 27.4 cm³/mol. The fourth-order valence-electron chi connectivity index (χ4n) is 0.165. The summed E-state index contributed by atoms with van der Waals surface area (Å²) in [6, 6.07) is 0. The fourth-order valence-corrected chi connectivity index (χ4v) is 0.165. The summed E-state index contributed by atoms with van der Waals surface area (Å²) < 4.78 is 0. The summed E-state index contributed by atoms with van der Waals surface area (Å²) in [7, 11) is 1.72. The highest BCUT2D eigenvalue weighted by atomic mass is 16.1. The van der Waals surface area contributed by atoms with Gasteiger partial charge in [0.15, 0.2) is 0 Å². The molecule has 0 fully saturated rings. The molecule has 1 atom stereocenters. The summed E-state index contributed by atoms with van der Waals surface area (Å²) in [4.78, 5) is 9.58. The average Bonchev–Trinajstić information content (AvgIpc) is 1.68. The molecule has 0 aliphatic carbocycles. The maximum Gasteiger partial charge on any atom is 0.208 e. The Labute approximate surface area is 43.1 Å². The van der Waals surface area contributed by atoms with Crippen molar-refractivity contribution in [3.05, 3.63) is 6.92 Å². The number of amides is 1. The number of hydrogen-bond acceptors (Lipinski definition) is 2. The van der Waals surface area contributed by atoms with E-state index in [1.165, 1.54) is 0 Å². The Bertz CT molecular complexity index is 55.7. The molecule has 3 nitrogen and oxygen atoms in total. The largest absolute Gasteiger partial charge is 0.343 e. The van der Waals surface area contributed by atoms with Crippen LogP contribution in [0, 0.1) is 6.92 Å². The molecule has 0 heterocycles. The van der Waals surface area contributed by atoms with E-state index in [9.17, 15) is 4.79 Å². The third kappa shape index (κ3) is 3.26. The summed E-state index contributed by atoms with van der Waals surface area (Å²) >= 11 is 0. The Hall–Kier alpha value is -0.570. The molecule has 1 radical (unpaired) electrons. The van der Waals surface area contributed by atoms with Crippen molar-refractivity contribution < 1.29 is 4.79 Å². The molecule has 0 aromatic heterocycles. The van der Waals surface area contributed by atoms with E-state index in [2.05, 4.69) is 17.6 Å². The molecule has 2 N–H and O–H groups in total. The maximum atomic E-state index is 9.58. The molecule has 1 amide bonds. The molecule has 0 saturated carbocycles. The summed E-state index contributed by atoms with van der Waals surface area (Å²) in [6.45, 7) is 3.49. The van der Waals surface area contributed by atoms with Gasteiger partial charge in [-0.25, -0.2) is 0 Å². The van der Waals surface area contributed by atoms with Crippen molar-refractivity contribution in [3.63, 3.8) is 0 Å². The monoisotopic (exact) mass is 101 g/mol. The number of carbonyl (C=O) groups excluding carboxylic acids is 1. The van der Waals surface area contributed by atoms with Gasteiger partial charge in [-0.05, 0) is 14.0 Å². The van der Waals surface area contributed by atoms with E-state index in [4.69, 9.17) is 0 Å². The molecule has 1 unspecified atom stereocenters. The van der Waals surface area contributed by atoms with Crippen LogP contribution in [-0.2, 0) is 4.79 Å². The Morgan fingerprint density at radius 1 is 1.86 bits per heavy atom. The van der Waals surface area contributed by atoms with Crippen LogP contribution in [0.2, 0.25) is 0 Å². The molecule has 0 aliphatic rings. The second kappa shape index (κ2) is 3.61. The molecule has 41 valence electrons. The van der Waals surface area contributed by atoms with Crippen LogP contribution in [0.25, 0.3) is 0 Å². The molecule has 0 spiro atoms. The third-order valence-electron chi connectivity index (χ3n) is 0.618. The zero-order chi connectivity index (χ0) is 5.70. The van der Waals surface area contributed by atoms with Crippen molar-refractivity contribution in [1.82, 2.24) is 10.6 Å². The van der Waals surface area contributed by atoms with E-state index in [0.29, 0.717) is 6.41 Å². The molecular formula is C4H9N2O. The quantitative estimate of drug-likeness (QED) is 0.358. The van der Waals surface area contributed by atoms with Gasteiger partial charge < -0.3 is 10.6 Å². The first-order chi connectivity index (χ1) is 3.31. The summed E-state index contributed by atoms with van der Waals surface area (Å²) in [5.41, 5.74) is 0. The van der Waals surface area contributed by atoms with Crippen molar-refractivity contribution in [3.8, 4) is 0 Å². The van der Waals surface area contributed by atoms with Crippen LogP contribution in [0.5, 0.6) is 0 Å². The van der Waals surface area contributed by atoms with Gasteiger partial charge in [-0.15, -0.1) is 0 Å². The first-order valence-electron chi connectivity index (χ1n) is 2.01. The van der Waals surface area contributed by atoms with Gasteiger partial charge in [-0.1, -0.05) is 0 Å². The standard InChI is InChI=1S/C4H9N2O/c1-4(5-2)6-3-7/h3-5H,1H2,2H3,(H,6,7). The van der Waals surface area contributed by atoms with Gasteiger partial charge in [-0.3, -0.25) is 4.79 Å². The maximum absolute atomic E-state index is 9.58. The molecule has 0 bridgehead atoms. The lowest BCUT2D eigenvalue weighted by Gasteiger charge is -2.05. The van der Waals surface area contributed by atoms with Crippen LogP contribution in [0.3, 0.4) is 0 Å². The predicted octanol–water partition coefficient (Wildman–Crippen LogP) is -0.888.